The number of imidazole rings is 1. The Morgan fingerprint density at radius 3 is 2.81 bits per heavy atom. The average Bonchev–Trinajstić information content (AvgIpc) is 2.89. The van der Waals surface area contributed by atoms with Crippen molar-refractivity contribution in [1.29, 1.82) is 0 Å². The van der Waals surface area contributed by atoms with Crippen LogP contribution in [0.25, 0.3) is 16.2 Å². The van der Waals surface area contributed by atoms with Gasteiger partial charge in [-0.1, -0.05) is 48.6 Å². The van der Waals surface area contributed by atoms with E-state index in [9.17, 15) is 0 Å². The Morgan fingerprint density at radius 1 is 1.25 bits per heavy atom. The zero-order chi connectivity index (χ0) is 11.0. The summed E-state index contributed by atoms with van der Waals surface area (Å²) in [5.74, 6) is 0. The molecule has 0 amide bonds. The van der Waals surface area contributed by atoms with Gasteiger partial charge in [0.15, 0.2) is 0 Å². The molecular formula is C12H11N3S. The molecule has 0 fully saturated rings. The van der Waals surface area contributed by atoms with E-state index in [4.69, 9.17) is 0 Å². The third-order valence-electron chi connectivity index (χ3n) is 2.62. The third-order valence-corrected chi connectivity index (χ3v) is 3.30. The Morgan fingerprint density at radius 2 is 2.06 bits per heavy atom. The molecular weight excluding hydrogens is 218 g/mol. The molecule has 80 valence electrons. The lowest BCUT2D eigenvalue weighted by Gasteiger charge is -1.99. The van der Waals surface area contributed by atoms with Crippen LogP contribution in [0.1, 0.15) is 12.6 Å². The molecule has 0 radical (unpaired) electrons. The van der Waals surface area contributed by atoms with Crippen LogP contribution in [0.5, 0.6) is 0 Å². The lowest BCUT2D eigenvalue weighted by atomic mass is 10.1. The number of hydrogen-bond acceptors (Lipinski definition) is 3. The lowest BCUT2D eigenvalue weighted by molar-refractivity contribution is 0.883. The Hall–Kier alpha value is -1.68. The fourth-order valence-electron chi connectivity index (χ4n) is 1.88. The zero-order valence-corrected chi connectivity index (χ0v) is 9.74. The van der Waals surface area contributed by atoms with Crippen LogP contribution in [0, 0.1) is 0 Å². The summed E-state index contributed by atoms with van der Waals surface area (Å²) in [6.07, 6.45) is 0.940. The Bertz CT molecular complexity index is 610. The summed E-state index contributed by atoms with van der Waals surface area (Å²) in [5.41, 5.74) is 5.23. The topological polar surface area (TPSA) is 30.2 Å². The Balaban J connectivity index is 2.27. The maximum atomic E-state index is 4.63. The number of aromatic nitrogens is 3. The van der Waals surface area contributed by atoms with Gasteiger partial charge in [-0.25, -0.2) is 9.50 Å². The molecule has 2 aromatic heterocycles. The van der Waals surface area contributed by atoms with Crippen molar-refractivity contribution >= 4 is 16.3 Å². The number of fused-ring (bicyclic) bond motifs is 1. The summed E-state index contributed by atoms with van der Waals surface area (Å²) in [5, 5.41) is 4.31. The van der Waals surface area contributed by atoms with Gasteiger partial charge in [0.05, 0.1) is 11.4 Å². The average molecular weight is 229 g/mol. The van der Waals surface area contributed by atoms with Crippen LogP contribution in [0.2, 0.25) is 0 Å². The normalized spacial score (nSPS) is 11.1. The molecule has 0 saturated heterocycles. The van der Waals surface area contributed by atoms with Crippen LogP contribution in [-0.4, -0.2) is 14.6 Å². The van der Waals surface area contributed by atoms with Crippen LogP contribution in [0.15, 0.2) is 35.8 Å². The highest BCUT2D eigenvalue weighted by atomic mass is 32.1. The van der Waals surface area contributed by atoms with Gasteiger partial charge in [0, 0.05) is 5.56 Å². The molecule has 4 heteroatoms. The molecule has 0 saturated carbocycles. The molecule has 0 aliphatic rings. The van der Waals surface area contributed by atoms with Gasteiger partial charge in [0.2, 0.25) is 4.96 Å². The molecule has 3 aromatic rings. The molecule has 0 aliphatic carbocycles. The molecule has 1 aromatic carbocycles. The van der Waals surface area contributed by atoms with Gasteiger partial charge < -0.3 is 0 Å². The highest BCUT2D eigenvalue weighted by Gasteiger charge is 2.13. The number of rotatable bonds is 2. The van der Waals surface area contributed by atoms with E-state index in [0.717, 1.165) is 22.6 Å². The molecule has 3 nitrogen and oxygen atoms in total. The van der Waals surface area contributed by atoms with Crippen LogP contribution >= 0.6 is 11.3 Å². The summed E-state index contributed by atoms with van der Waals surface area (Å²) in [7, 11) is 0. The lowest BCUT2D eigenvalue weighted by Crippen LogP contribution is -1.92. The predicted molar refractivity (Wildman–Crippen MR) is 65.7 cm³/mol. The zero-order valence-electron chi connectivity index (χ0n) is 8.92. The quantitative estimate of drug-likeness (QED) is 0.676. The van der Waals surface area contributed by atoms with E-state index in [-0.39, 0.29) is 0 Å². The molecule has 16 heavy (non-hydrogen) atoms. The number of aryl methyl sites for hydroxylation is 1. The second-order valence-electron chi connectivity index (χ2n) is 3.56. The van der Waals surface area contributed by atoms with Crippen molar-refractivity contribution in [3.8, 4) is 11.3 Å². The second kappa shape index (κ2) is 3.72. The SMILES string of the molecule is CCc1c(-c2ccccc2)nc2scnn12. The highest BCUT2D eigenvalue weighted by Crippen LogP contribution is 2.25. The van der Waals surface area contributed by atoms with Gasteiger partial charge >= 0.3 is 0 Å². The van der Waals surface area contributed by atoms with E-state index in [1.807, 2.05) is 28.2 Å². The first-order valence-electron chi connectivity index (χ1n) is 5.26. The van der Waals surface area contributed by atoms with E-state index in [1.165, 1.54) is 5.69 Å². The molecule has 0 spiro atoms. The standard InChI is InChI=1S/C12H11N3S/c1-2-10-11(9-6-4-3-5-7-9)14-12-15(10)13-8-16-12/h3-8H,2H2,1H3. The van der Waals surface area contributed by atoms with Crippen LogP contribution in [0.3, 0.4) is 0 Å². The maximum absolute atomic E-state index is 4.63. The van der Waals surface area contributed by atoms with Crippen LogP contribution in [-0.2, 0) is 6.42 Å². The molecule has 0 N–H and O–H groups in total. The first-order chi connectivity index (χ1) is 7.90. The molecule has 0 unspecified atom stereocenters. The summed E-state index contributed by atoms with van der Waals surface area (Å²) in [4.78, 5) is 5.60. The summed E-state index contributed by atoms with van der Waals surface area (Å²) >= 11 is 1.57. The van der Waals surface area contributed by atoms with Crippen molar-refractivity contribution in [1.82, 2.24) is 14.6 Å². The van der Waals surface area contributed by atoms with Gasteiger partial charge in [0.1, 0.15) is 5.51 Å². The first-order valence-corrected chi connectivity index (χ1v) is 6.14. The first kappa shape index (κ1) is 9.54. The Labute approximate surface area is 97.4 Å². The summed E-state index contributed by atoms with van der Waals surface area (Å²) in [6, 6.07) is 10.3. The minimum atomic E-state index is 0.940. The van der Waals surface area contributed by atoms with Crippen molar-refractivity contribution in [2.45, 2.75) is 13.3 Å². The fraction of sp³-hybridized carbons (Fsp3) is 0.167. The molecule has 0 aliphatic heterocycles. The molecule has 0 bridgehead atoms. The summed E-state index contributed by atoms with van der Waals surface area (Å²) < 4.78 is 1.94. The van der Waals surface area contributed by atoms with Gasteiger partial charge in [-0.15, -0.1) is 0 Å². The smallest absolute Gasteiger partial charge is 0.212 e. The van der Waals surface area contributed by atoms with E-state index in [2.05, 4.69) is 29.1 Å². The van der Waals surface area contributed by atoms with Crippen molar-refractivity contribution in [2.24, 2.45) is 0 Å². The van der Waals surface area contributed by atoms with Crippen molar-refractivity contribution in [3.63, 3.8) is 0 Å². The largest absolute Gasteiger partial charge is 0.217 e. The monoisotopic (exact) mass is 229 g/mol. The van der Waals surface area contributed by atoms with Crippen molar-refractivity contribution in [2.75, 3.05) is 0 Å². The maximum Gasteiger partial charge on any atom is 0.212 e. The molecule has 2 heterocycles. The minimum Gasteiger partial charge on any atom is -0.217 e. The van der Waals surface area contributed by atoms with Crippen LogP contribution < -0.4 is 0 Å². The number of nitrogens with zero attached hydrogens (tertiary/aromatic N) is 3. The highest BCUT2D eigenvalue weighted by molar-refractivity contribution is 7.14. The fourth-order valence-corrected chi connectivity index (χ4v) is 2.52. The molecule has 3 rings (SSSR count). The van der Waals surface area contributed by atoms with Crippen molar-refractivity contribution in [3.05, 3.63) is 41.5 Å². The van der Waals surface area contributed by atoms with Gasteiger partial charge in [-0.3, -0.25) is 0 Å². The van der Waals surface area contributed by atoms with Gasteiger partial charge in [-0.2, -0.15) is 5.10 Å². The number of hydrogen-bond donors (Lipinski definition) is 0. The predicted octanol–water partition coefficient (Wildman–Crippen LogP) is 3.02. The van der Waals surface area contributed by atoms with E-state index < -0.39 is 0 Å². The second-order valence-corrected chi connectivity index (χ2v) is 4.37. The third kappa shape index (κ3) is 1.34. The minimum absolute atomic E-state index is 0.940. The van der Waals surface area contributed by atoms with E-state index >= 15 is 0 Å². The summed E-state index contributed by atoms with van der Waals surface area (Å²) in [6.45, 7) is 2.13. The van der Waals surface area contributed by atoms with E-state index in [1.54, 1.807) is 11.3 Å². The Kier molecular flexibility index (Phi) is 2.22. The van der Waals surface area contributed by atoms with E-state index in [0.29, 0.717) is 0 Å². The van der Waals surface area contributed by atoms with Gasteiger partial charge in [-0.05, 0) is 6.42 Å². The molecule has 0 atom stereocenters. The van der Waals surface area contributed by atoms with Crippen molar-refractivity contribution < 1.29 is 0 Å². The van der Waals surface area contributed by atoms with Gasteiger partial charge in [0.25, 0.3) is 0 Å². The van der Waals surface area contributed by atoms with Crippen LogP contribution in [0.4, 0.5) is 0 Å². The number of benzene rings is 1.